The Hall–Kier alpha value is -1.48. The van der Waals surface area contributed by atoms with Gasteiger partial charge in [-0.2, -0.15) is 0 Å². The molecule has 4 atom stereocenters. The number of hydrogen-bond acceptors (Lipinski definition) is 0. The van der Waals surface area contributed by atoms with Crippen LogP contribution in [0, 0.1) is 5.92 Å². The molecule has 0 radical (unpaired) electrons. The fourth-order valence-corrected chi connectivity index (χ4v) is 7.58. The van der Waals surface area contributed by atoms with Gasteiger partial charge in [0.05, 0.1) is 0 Å². The Bertz CT molecular complexity index is 818. The first kappa shape index (κ1) is 18.9. The van der Waals surface area contributed by atoms with Crippen LogP contribution in [0.1, 0.15) is 37.7 Å². The smallest absolute Gasteiger partial charge is 0.0116 e. The third-order valence-corrected chi connectivity index (χ3v) is 8.86. The summed E-state index contributed by atoms with van der Waals surface area (Å²) in [5.74, 6) is 1.46. The first-order valence-corrected chi connectivity index (χ1v) is 12.0. The van der Waals surface area contributed by atoms with Crippen molar-refractivity contribution in [3.63, 3.8) is 0 Å². The molecule has 27 heavy (non-hydrogen) atoms. The summed E-state index contributed by atoms with van der Waals surface area (Å²) in [5.41, 5.74) is 2.26. The molecule has 1 aliphatic rings. The van der Waals surface area contributed by atoms with Crippen molar-refractivity contribution in [3.8, 4) is 0 Å². The van der Waals surface area contributed by atoms with Crippen LogP contribution in [-0.2, 0) is 0 Å². The van der Waals surface area contributed by atoms with Gasteiger partial charge in [-0.25, -0.2) is 0 Å². The van der Waals surface area contributed by atoms with Crippen molar-refractivity contribution in [3.05, 3.63) is 90.5 Å². The molecule has 3 unspecified atom stereocenters. The van der Waals surface area contributed by atoms with Gasteiger partial charge in [-0.05, 0) is 59.7 Å². The van der Waals surface area contributed by atoms with Crippen LogP contribution in [0.3, 0.4) is 0 Å². The maximum Gasteiger partial charge on any atom is -0.0116 e. The lowest BCUT2D eigenvalue weighted by molar-refractivity contribution is 0.482. The first-order chi connectivity index (χ1) is 13.3. The Morgan fingerprint density at radius 3 is 1.93 bits per heavy atom. The highest BCUT2D eigenvalue weighted by molar-refractivity contribution is 7.79. The van der Waals surface area contributed by atoms with Crippen LogP contribution < -0.4 is 15.9 Å². The Balaban J connectivity index is 1.85. The lowest BCUT2D eigenvalue weighted by Gasteiger charge is -2.29. The molecule has 4 rings (SSSR count). The van der Waals surface area contributed by atoms with Gasteiger partial charge in [0.1, 0.15) is 0 Å². The highest BCUT2D eigenvalue weighted by atomic mass is 31.1. The molecule has 0 bridgehead atoms. The van der Waals surface area contributed by atoms with E-state index < -0.39 is 7.92 Å². The molecular formula is C25H28P2. The minimum Gasteiger partial charge on any atom is -0.134 e. The molecule has 0 nitrogen and oxygen atoms in total. The quantitative estimate of drug-likeness (QED) is 0.498. The van der Waals surface area contributed by atoms with E-state index in [1.54, 1.807) is 10.9 Å². The van der Waals surface area contributed by atoms with Gasteiger partial charge >= 0.3 is 0 Å². The molecule has 3 aromatic carbocycles. The van der Waals surface area contributed by atoms with Crippen molar-refractivity contribution < 1.29 is 0 Å². The molecular weight excluding hydrogens is 362 g/mol. The monoisotopic (exact) mass is 390 g/mol. The summed E-state index contributed by atoms with van der Waals surface area (Å²) in [6, 6.07) is 31.5. The van der Waals surface area contributed by atoms with E-state index in [1.165, 1.54) is 29.9 Å². The zero-order valence-corrected chi connectivity index (χ0v) is 18.0. The molecule has 0 amide bonds. The fourth-order valence-electron chi connectivity index (χ4n) is 4.59. The highest BCUT2D eigenvalue weighted by Gasteiger charge is 2.33. The van der Waals surface area contributed by atoms with E-state index in [4.69, 9.17) is 0 Å². The third kappa shape index (κ3) is 4.03. The largest absolute Gasteiger partial charge is 0.134 e. The number of benzene rings is 3. The average molecular weight is 390 g/mol. The molecule has 0 heterocycles. The first-order valence-electron chi connectivity index (χ1n) is 10.0. The lowest BCUT2D eigenvalue weighted by atomic mass is 9.87. The summed E-state index contributed by atoms with van der Waals surface area (Å²) >= 11 is 0. The van der Waals surface area contributed by atoms with Crippen LogP contribution in [0.25, 0.3) is 0 Å². The van der Waals surface area contributed by atoms with E-state index in [9.17, 15) is 0 Å². The van der Waals surface area contributed by atoms with Gasteiger partial charge in [0.2, 0.25) is 0 Å². The lowest BCUT2D eigenvalue weighted by Crippen LogP contribution is -2.26. The van der Waals surface area contributed by atoms with E-state index >= 15 is 0 Å². The topological polar surface area (TPSA) is 0 Å². The molecule has 3 aromatic rings. The predicted molar refractivity (Wildman–Crippen MR) is 124 cm³/mol. The Kier molecular flexibility index (Phi) is 6.07. The second-order valence-electron chi connectivity index (χ2n) is 7.63. The molecule has 0 saturated heterocycles. The Morgan fingerprint density at radius 2 is 1.33 bits per heavy atom. The van der Waals surface area contributed by atoms with Crippen LogP contribution in [-0.4, -0.2) is 5.66 Å². The average Bonchev–Trinajstić information content (AvgIpc) is 3.20. The third-order valence-electron chi connectivity index (χ3n) is 5.85. The minimum absolute atomic E-state index is 0.528. The van der Waals surface area contributed by atoms with Crippen molar-refractivity contribution in [1.29, 1.82) is 0 Å². The number of hydrogen-bond donors (Lipinski definition) is 0. The molecule has 138 valence electrons. The zero-order chi connectivity index (χ0) is 18.6. The molecule has 0 spiro atoms. The van der Waals surface area contributed by atoms with Crippen molar-refractivity contribution in [2.24, 2.45) is 5.92 Å². The summed E-state index contributed by atoms with van der Waals surface area (Å²) in [4.78, 5) is 0. The maximum atomic E-state index is 3.07. The standard InChI is InChI=1S/C25H28P2/c1-19(26)22-16-10-17-23(22)24-15-8-9-18-25(24)27(20-11-4-2-5-12-20)21-13-6-3-7-14-21/h2-9,11-15,18-19,22-23H,10,16-17,26H2,1H3/t19-,22?,23?/m1/s1. The molecule has 0 aromatic heterocycles. The van der Waals surface area contributed by atoms with Gasteiger partial charge in [-0.15, -0.1) is 9.24 Å². The summed E-state index contributed by atoms with van der Waals surface area (Å²) < 4.78 is 0. The summed E-state index contributed by atoms with van der Waals surface area (Å²) in [6.07, 6.45) is 4.04. The van der Waals surface area contributed by atoms with Gasteiger partial charge in [-0.3, -0.25) is 0 Å². The van der Waals surface area contributed by atoms with Crippen LogP contribution in [0.5, 0.6) is 0 Å². The van der Waals surface area contributed by atoms with Crippen molar-refractivity contribution in [2.45, 2.75) is 37.8 Å². The minimum atomic E-state index is -0.528. The fraction of sp³-hybridized carbons (Fsp3) is 0.280. The second kappa shape index (κ2) is 8.68. The van der Waals surface area contributed by atoms with Gasteiger partial charge < -0.3 is 0 Å². The molecule has 0 N–H and O–H groups in total. The van der Waals surface area contributed by atoms with Crippen molar-refractivity contribution in [2.75, 3.05) is 0 Å². The van der Waals surface area contributed by atoms with Crippen molar-refractivity contribution >= 4 is 33.1 Å². The SMILES string of the molecule is C[C@@H](P)C1CCCC1c1ccccc1P(c1ccccc1)c1ccccc1. The van der Waals surface area contributed by atoms with Gasteiger partial charge in [-0.1, -0.05) is 98.3 Å². The van der Waals surface area contributed by atoms with E-state index in [0.717, 1.165) is 5.92 Å². The molecule has 1 saturated carbocycles. The van der Waals surface area contributed by atoms with E-state index in [0.29, 0.717) is 11.6 Å². The molecule has 2 heteroatoms. The molecule has 0 aliphatic heterocycles. The highest BCUT2D eigenvalue weighted by Crippen LogP contribution is 2.45. The van der Waals surface area contributed by atoms with Gasteiger partial charge in [0.15, 0.2) is 0 Å². The summed E-state index contributed by atoms with van der Waals surface area (Å²) in [6.45, 7) is 2.37. The summed E-state index contributed by atoms with van der Waals surface area (Å²) in [7, 11) is 2.54. The zero-order valence-electron chi connectivity index (χ0n) is 16.0. The van der Waals surface area contributed by atoms with Crippen LogP contribution in [0.4, 0.5) is 0 Å². The van der Waals surface area contributed by atoms with Crippen molar-refractivity contribution in [1.82, 2.24) is 0 Å². The Labute approximate surface area is 167 Å². The van der Waals surface area contributed by atoms with Crippen LogP contribution in [0.15, 0.2) is 84.9 Å². The van der Waals surface area contributed by atoms with E-state index in [1.807, 2.05) is 0 Å². The maximum absolute atomic E-state index is 3.07. The van der Waals surface area contributed by atoms with E-state index in [2.05, 4.69) is 101 Å². The predicted octanol–water partition coefficient (Wildman–Crippen LogP) is 5.59. The second-order valence-corrected chi connectivity index (χ2v) is 10.9. The van der Waals surface area contributed by atoms with Gasteiger partial charge in [0.25, 0.3) is 0 Å². The van der Waals surface area contributed by atoms with Crippen LogP contribution >= 0.6 is 17.2 Å². The Morgan fingerprint density at radius 1 is 0.778 bits per heavy atom. The van der Waals surface area contributed by atoms with E-state index in [-0.39, 0.29) is 0 Å². The van der Waals surface area contributed by atoms with Gasteiger partial charge in [0, 0.05) is 0 Å². The molecule has 1 aliphatic carbocycles. The number of rotatable bonds is 5. The normalized spacial score (nSPS) is 20.7. The summed E-state index contributed by atoms with van der Waals surface area (Å²) in [5, 5.41) is 4.44. The molecule has 1 fully saturated rings. The van der Waals surface area contributed by atoms with Crippen LogP contribution in [0.2, 0.25) is 0 Å².